The van der Waals surface area contributed by atoms with Gasteiger partial charge in [0.15, 0.2) is 5.65 Å². The van der Waals surface area contributed by atoms with Crippen molar-refractivity contribution in [3.63, 3.8) is 0 Å². The maximum absolute atomic E-state index is 14.1. The molecule has 6 rings (SSSR count). The number of halogens is 3. The second kappa shape index (κ2) is 11.6. The minimum absolute atomic E-state index is 0.0519. The molecular formula is C30H29F3N8O4S. The summed E-state index contributed by atoms with van der Waals surface area (Å²) in [6, 6.07) is 7.93. The Labute approximate surface area is 262 Å². The number of hydrogen-bond acceptors (Lipinski definition) is 9. The maximum atomic E-state index is 14.1. The molecule has 1 fully saturated rings. The Morgan fingerprint density at radius 2 is 1.98 bits per heavy atom. The van der Waals surface area contributed by atoms with Gasteiger partial charge in [-0.15, -0.1) is 10.2 Å². The number of sulfonamides is 1. The summed E-state index contributed by atoms with van der Waals surface area (Å²) in [5, 5.41) is 26.3. The van der Waals surface area contributed by atoms with Crippen molar-refractivity contribution >= 4 is 27.5 Å². The highest BCUT2D eigenvalue weighted by atomic mass is 32.2. The first-order chi connectivity index (χ1) is 21.8. The fourth-order valence-electron chi connectivity index (χ4n) is 6.32. The largest absolute Gasteiger partial charge is 0.481 e. The molecule has 16 heteroatoms. The first-order valence-corrected chi connectivity index (χ1v) is 16.0. The van der Waals surface area contributed by atoms with Gasteiger partial charge in [-0.2, -0.15) is 22.7 Å². The Morgan fingerprint density at radius 3 is 2.70 bits per heavy atom. The van der Waals surface area contributed by atoms with Gasteiger partial charge in [0.05, 0.1) is 24.2 Å². The van der Waals surface area contributed by atoms with Crippen LogP contribution in [-0.4, -0.2) is 67.5 Å². The van der Waals surface area contributed by atoms with Gasteiger partial charge in [-0.05, 0) is 68.0 Å². The molecule has 1 saturated heterocycles. The first-order valence-electron chi connectivity index (χ1n) is 14.6. The summed E-state index contributed by atoms with van der Waals surface area (Å²) >= 11 is 0. The minimum atomic E-state index is -4.74. The third-order valence-electron chi connectivity index (χ3n) is 8.67. The van der Waals surface area contributed by atoms with Gasteiger partial charge in [-0.1, -0.05) is 6.07 Å². The Kier molecular flexibility index (Phi) is 7.93. The van der Waals surface area contributed by atoms with Crippen LogP contribution in [-0.2, 0) is 27.5 Å². The Hall–Kier alpha value is -4.62. The van der Waals surface area contributed by atoms with Crippen LogP contribution in [0, 0.1) is 25.2 Å². The summed E-state index contributed by atoms with van der Waals surface area (Å²) in [4.78, 5) is 23.1. The number of nitrogens with zero attached hydrogens (tertiary/aromatic N) is 8. The molecule has 6 heterocycles. The average Bonchev–Trinajstić information content (AvgIpc) is 3.44. The molecule has 0 aliphatic carbocycles. The zero-order valence-electron chi connectivity index (χ0n) is 24.9. The molecule has 0 amide bonds. The van der Waals surface area contributed by atoms with E-state index in [1.54, 1.807) is 26.0 Å². The van der Waals surface area contributed by atoms with Crippen LogP contribution >= 0.6 is 0 Å². The summed E-state index contributed by atoms with van der Waals surface area (Å²) in [7, 11) is -4.14. The Bertz CT molecular complexity index is 2010. The molecular weight excluding hydrogens is 625 g/mol. The molecule has 0 bridgehead atoms. The molecule has 12 nitrogen and oxygen atoms in total. The lowest BCUT2D eigenvalue weighted by Crippen LogP contribution is -2.45. The van der Waals surface area contributed by atoms with E-state index in [0.29, 0.717) is 40.4 Å². The summed E-state index contributed by atoms with van der Waals surface area (Å²) in [5.41, 5.74) is 2.14. The van der Waals surface area contributed by atoms with E-state index >= 15 is 0 Å². The molecule has 4 aromatic rings. The quantitative estimate of drug-likeness (QED) is 0.320. The first kappa shape index (κ1) is 31.4. The number of anilines is 1. The Morgan fingerprint density at radius 1 is 1.20 bits per heavy atom. The lowest BCUT2D eigenvalue weighted by molar-refractivity contribution is -0.145. The average molecular weight is 655 g/mol. The smallest absolute Gasteiger partial charge is 0.452 e. The van der Waals surface area contributed by atoms with E-state index in [9.17, 15) is 36.8 Å². The number of nitriles is 1. The van der Waals surface area contributed by atoms with E-state index in [4.69, 9.17) is 4.98 Å². The highest BCUT2D eigenvalue weighted by Gasteiger charge is 2.40. The summed E-state index contributed by atoms with van der Waals surface area (Å²) in [6.07, 6.45) is -0.0897. The molecule has 0 saturated carbocycles. The van der Waals surface area contributed by atoms with Gasteiger partial charge in [-0.25, -0.2) is 13.4 Å². The van der Waals surface area contributed by atoms with Crippen molar-refractivity contribution in [1.82, 2.24) is 28.9 Å². The van der Waals surface area contributed by atoms with Crippen LogP contribution in [0.25, 0.3) is 5.65 Å². The topological polar surface area (TPSA) is 158 Å². The molecule has 2 aliphatic rings. The standard InChI is InChI=1S/C30H29F3N8O4S/c1-17-6-7-23(22(12-26(42)43)21-8-10-41-27(18(21)2)37-38-29(41)30(31,32)33)36-24(17)16-39-15-20-5-3-4-9-40(20)28-25(46(39,44)45)11-19(13-34)14-35-28/h6-8,10-11,14,20,22H,3-5,9,12,15-16H2,1-2H3,(H,42,43)/t20-,22+/m1/s1. The number of hydrogen-bond donors (Lipinski definition) is 1. The lowest BCUT2D eigenvalue weighted by atomic mass is 9.89. The molecule has 1 N–H and O–H groups in total. The highest BCUT2D eigenvalue weighted by Crippen LogP contribution is 2.37. The zero-order chi connectivity index (χ0) is 33.0. The SMILES string of the molecule is Cc1ccc([C@@H](CC(=O)O)c2ccn3c(C(F)(F)F)nnc3c2C)nc1CN1C[C@H]2CCCCN2c2ncc(C#N)cc2S1(=O)=O. The molecule has 240 valence electrons. The van der Waals surface area contributed by atoms with Crippen molar-refractivity contribution in [3.8, 4) is 6.07 Å². The number of rotatable bonds is 6. The molecule has 0 spiro atoms. The number of carbonyl (C=O) groups is 1. The van der Waals surface area contributed by atoms with Crippen molar-refractivity contribution in [1.29, 1.82) is 5.26 Å². The lowest BCUT2D eigenvalue weighted by Gasteiger charge is -2.36. The van der Waals surface area contributed by atoms with Crippen LogP contribution in [0.5, 0.6) is 0 Å². The number of fused-ring (bicyclic) bond motifs is 4. The third kappa shape index (κ3) is 5.53. The number of aromatic nitrogens is 5. The summed E-state index contributed by atoms with van der Waals surface area (Å²) < 4.78 is 70.8. The number of pyridine rings is 3. The van der Waals surface area contributed by atoms with E-state index in [1.807, 2.05) is 11.0 Å². The number of carboxylic acids is 1. The van der Waals surface area contributed by atoms with Crippen molar-refractivity contribution < 1.29 is 31.5 Å². The van der Waals surface area contributed by atoms with Gasteiger partial charge in [-0.3, -0.25) is 14.2 Å². The predicted molar refractivity (Wildman–Crippen MR) is 157 cm³/mol. The van der Waals surface area contributed by atoms with Gasteiger partial charge < -0.3 is 10.0 Å². The van der Waals surface area contributed by atoms with Gasteiger partial charge in [0.1, 0.15) is 16.8 Å². The van der Waals surface area contributed by atoms with Crippen LogP contribution < -0.4 is 4.90 Å². The normalized spacial score (nSPS) is 18.8. The fourth-order valence-corrected chi connectivity index (χ4v) is 7.94. The molecule has 0 radical (unpaired) electrons. The molecule has 2 aliphatic heterocycles. The summed E-state index contributed by atoms with van der Waals surface area (Å²) in [6.45, 7) is 3.98. The highest BCUT2D eigenvalue weighted by molar-refractivity contribution is 7.89. The van der Waals surface area contributed by atoms with E-state index in [2.05, 4.69) is 15.2 Å². The third-order valence-corrected chi connectivity index (χ3v) is 10.5. The maximum Gasteiger partial charge on any atom is 0.452 e. The monoisotopic (exact) mass is 654 g/mol. The molecule has 0 aromatic carbocycles. The van der Waals surface area contributed by atoms with E-state index < -0.39 is 40.3 Å². The Balaban J connectivity index is 1.41. The van der Waals surface area contributed by atoms with Crippen LogP contribution in [0.15, 0.2) is 41.6 Å². The number of alkyl halides is 3. The number of piperidine rings is 1. The second-order valence-electron chi connectivity index (χ2n) is 11.6. The van der Waals surface area contributed by atoms with Gasteiger partial charge in [0.25, 0.3) is 0 Å². The fraction of sp³-hybridized carbons (Fsp3) is 0.400. The van der Waals surface area contributed by atoms with Gasteiger partial charge in [0, 0.05) is 43.1 Å². The van der Waals surface area contributed by atoms with E-state index in [-0.39, 0.29) is 35.2 Å². The number of aliphatic carboxylic acids is 1. The van der Waals surface area contributed by atoms with Crippen molar-refractivity contribution in [2.24, 2.45) is 0 Å². The van der Waals surface area contributed by atoms with E-state index in [0.717, 1.165) is 29.9 Å². The molecule has 2 atom stereocenters. The molecule has 0 unspecified atom stereocenters. The van der Waals surface area contributed by atoms with Crippen LogP contribution in [0.4, 0.5) is 19.0 Å². The van der Waals surface area contributed by atoms with Crippen molar-refractivity contribution in [2.75, 3.05) is 18.0 Å². The predicted octanol–water partition coefficient (Wildman–Crippen LogP) is 4.20. The van der Waals surface area contributed by atoms with Crippen LogP contribution in [0.2, 0.25) is 0 Å². The molecule has 46 heavy (non-hydrogen) atoms. The number of aryl methyl sites for hydroxylation is 2. The van der Waals surface area contributed by atoms with Gasteiger partial charge >= 0.3 is 12.1 Å². The molecule has 4 aromatic heterocycles. The zero-order valence-corrected chi connectivity index (χ0v) is 25.7. The number of carboxylic acid groups (broad SMARTS) is 1. The van der Waals surface area contributed by atoms with Crippen LogP contribution in [0.1, 0.15) is 71.1 Å². The van der Waals surface area contributed by atoms with Crippen molar-refractivity contribution in [2.45, 2.75) is 69.1 Å². The van der Waals surface area contributed by atoms with Crippen molar-refractivity contribution in [3.05, 3.63) is 76.1 Å². The second-order valence-corrected chi connectivity index (χ2v) is 13.5. The van der Waals surface area contributed by atoms with E-state index in [1.165, 1.54) is 22.6 Å². The van der Waals surface area contributed by atoms with Crippen LogP contribution in [0.3, 0.4) is 0 Å². The minimum Gasteiger partial charge on any atom is -0.481 e. The van der Waals surface area contributed by atoms with Gasteiger partial charge in [0.2, 0.25) is 15.8 Å². The summed E-state index contributed by atoms with van der Waals surface area (Å²) in [5.74, 6) is -2.92.